The second-order valence-electron chi connectivity index (χ2n) is 6.50. The van der Waals surface area contributed by atoms with Crippen molar-refractivity contribution < 1.29 is 4.74 Å². The molecule has 1 aromatic carbocycles. The number of rotatable bonds is 6. The standard InChI is InChI=1S/C18H29NO/c1-5-18(3,4)17(19-6-2)13-16-15-10-8-7-9-14(15)11-12-20-16/h7-10,16-17,19H,5-6,11-13H2,1-4H3. The molecule has 1 aromatic rings. The van der Waals surface area contributed by atoms with E-state index in [-0.39, 0.29) is 6.10 Å². The lowest BCUT2D eigenvalue weighted by atomic mass is 9.78. The molecule has 0 aliphatic carbocycles. The number of benzene rings is 1. The van der Waals surface area contributed by atoms with E-state index in [0.717, 1.165) is 26.0 Å². The van der Waals surface area contributed by atoms with Gasteiger partial charge in [-0.1, -0.05) is 52.0 Å². The monoisotopic (exact) mass is 275 g/mol. The van der Waals surface area contributed by atoms with Crippen LogP contribution in [0, 0.1) is 5.41 Å². The van der Waals surface area contributed by atoms with Gasteiger partial charge in [-0.2, -0.15) is 0 Å². The number of nitrogens with one attached hydrogen (secondary N) is 1. The summed E-state index contributed by atoms with van der Waals surface area (Å²) in [6.07, 6.45) is 3.54. The smallest absolute Gasteiger partial charge is 0.0842 e. The summed E-state index contributed by atoms with van der Waals surface area (Å²) in [5, 5.41) is 3.67. The third-order valence-corrected chi connectivity index (χ3v) is 4.85. The Bertz CT molecular complexity index is 427. The molecular formula is C18H29NO. The summed E-state index contributed by atoms with van der Waals surface area (Å²) in [6, 6.07) is 9.25. The SMILES string of the molecule is CCNC(CC1OCCc2ccccc21)C(C)(C)CC. The molecule has 0 fully saturated rings. The van der Waals surface area contributed by atoms with Gasteiger partial charge in [-0.05, 0) is 42.3 Å². The van der Waals surface area contributed by atoms with Crippen LogP contribution in [0.25, 0.3) is 0 Å². The number of fused-ring (bicyclic) bond motifs is 1. The molecule has 0 bridgehead atoms. The molecule has 1 heterocycles. The summed E-state index contributed by atoms with van der Waals surface area (Å²) in [5.41, 5.74) is 3.16. The molecule has 0 spiro atoms. The normalized spacial score (nSPS) is 20.5. The molecule has 20 heavy (non-hydrogen) atoms. The summed E-state index contributed by atoms with van der Waals surface area (Å²) in [6.45, 7) is 11.0. The van der Waals surface area contributed by atoms with E-state index < -0.39 is 0 Å². The Morgan fingerprint density at radius 2 is 2.05 bits per heavy atom. The van der Waals surface area contributed by atoms with Gasteiger partial charge in [0, 0.05) is 6.04 Å². The maximum Gasteiger partial charge on any atom is 0.0842 e. The van der Waals surface area contributed by atoms with Gasteiger partial charge in [0.15, 0.2) is 0 Å². The molecule has 2 nitrogen and oxygen atoms in total. The molecule has 0 amide bonds. The average molecular weight is 275 g/mol. The molecule has 0 saturated carbocycles. The Morgan fingerprint density at radius 1 is 1.30 bits per heavy atom. The van der Waals surface area contributed by atoms with Crippen molar-refractivity contribution in [2.24, 2.45) is 5.41 Å². The second-order valence-corrected chi connectivity index (χ2v) is 6.50. The van der Waals surface area contributed by atoms with Gasteiger partial charge in [-0.25, -0.2) is 0 Å². The second kappa shape index (κ2) is 6.73. The molecule has 1 aliphatic heterocycles. The van der Waals surface area contributed by atoms with Gasteiger partial charge in [0.1, 0.15) is 0 Å². The summed E-state index contributed by atoms with van der Waals surface area (Å²) in [5.74, 6) is 0. The van der Waals surface area contributed by atoms with Crippen LogP contribution in [0.4, 0.5) is 0 Å². The lowest BCUT2D eigenvalue weighted by Gasteiger charge is -2.38. The van der Waals surface area contributed by atoms with Crippen molar-refractivity contribution in [3.05, 3.63) is 35.4 Å². The Kier molecular flexibility index (Phi) is 5.22. The highest BCUT2D eigenvalue weighted by Crippen LogP contribution is 2.36. The molecule has 1 aliphatic rings. The zero-order valence-corrected chi connectivity index (χ0v) is 13.4. The first-order valence-electron chi connectivity index (χ1n) is 8.01. The predicted molar refractivity (Wildman–Crippen MR) is 85.0 cm³/mol. The van der Waals surface area contributed by atoms with E-state index in [2.05, 4.69) is 57.3 Å². The van der Waals surface area contributed by atoms with E-state index in [0.29, 0.717) is 11.5 Å². The molecule has 2 atom stereocenters. The van der Waals surface area contributed by atoms with Gasteiger partial charge in [-0.3, -0.25) is 0 Å². The van der Waals surface area contributed by atoms with Gasteiger partial charge < -0.3 is 10.1 Å². The minimum atomic E-state index is 0.245. The molecular weight excluding hydrogens is 246 g/mol. The molecule has 0 aromatic heterocycles. The van der Waals surface area contributed by atoms with Crippen LogP contribution in [0.3, 0.4) is 0 Å². The summed E-state index contributed by atoms with van der Waals surface area (Å²) >= 11 is 0. The van der Waals surface area contributed by atoms with Gasteiger partial charge >= 0.3 is 0 Å². The average Bonchev–Trinajstić information content (AvgIpc) is 2.47. The van der Waals surface area contributed by atoms with Gasteiger partial charge in [0.25, 0.3) is 0 Å². The number of hydrogen-bond acceptors (Lipinski definition) is 2. The maximum absolute atomic E-state index is 6.08. The van der Waals surface area contributed by atoms with Crippen molar-refractivity contribution in [3.8, 4) is 0 Å². The first-order chi connectivity index (χ1) is 9.58. The van der Waals surface area contributed by atoms with Crippen molar-refractivity contribution in [1.29, 1.82) is 0 Å². The van der Waals surface area contributed by atoms with Crippen LogP contribution < -0.4 is 5.32 Å². The van der Waals surface area contributed by atoms with Crippen LogP contribution >= 0.6 is 0 Å². The van der Waals surface area contributed by atoms with Crippen LogP contribution in [0.2, 0.25) is 0 Å². The van der Waals surface area contributed by atoms with Gasteiger partial charge in [0.2, 0.25) is 0 Å². The topological polar surface area (TPSA) is 21.3 Å². The highest BCUT2D eigenvalue weighted by molar-refractivity contribution is 5.31. The first kappa shape index (κ1) is 15.5. The summed E-state index contributed by atoms with van der Waals surface area (Å²) in [7, 11) is 0. The fourth-order valence-electron chi connectivity index (χ4n) is 3.06. The molecule has 2 heteroatoms. The highest BCUT2D eigenvalue weighted by Gasteiger charge is 2.31. The van der Waals surface area contributed by atoms with E-state index in [4.69, 9.17) is 4.74 Å². The zero-order chi connectivity index (χ0) is 14.6. The van der Waals surface area contributed by atoms with E-state index >= 15 is 0 Å². The Labute approximate surface area is 123 Å². The molecule has 2 rings (SSSR count). The summed E-state index contributed by atoms with van der Waals surface area (Å²) < 4.78 is 6.08. The van der Waals surface area contributed by atoms with Crippen molar-refractivity contribution in [3.63, 3.8) is 0 Å². The van der Waals surface area contributed by atoms with Crippen molar-refractivity contribution in [2.75, 3.05) is 13.2 Å². The van der Waals surface area contributed by atoms with E-state index in [1.54, 1.807) is 0 Å². The third-order valence-electron chi connectivity index (χ3n) is 4.85. The van der Waals surface area contributed by atoms with Crippen LogP contribution in [-0.2, 0) is 11.2 Å². The quantitative estimate of drug-likeness (QED) is 0.843. The zero-order valence-electron chi connectivity index (χ0n) is 13.4. The lowest BCUT2D eigenvalue weighted by molar-refractivity contribution is 0.0172. The fourth-order valence-corrected chi connectivity index (χ4v) is 3.06. The van der Waals surface area contributed by atoms with Crippen LogP contribution in [0.15, 0.2) is 24.3 Å². The Morgan fingerprint density at radius 3 is 2.75 bits per heavy atom. The first-order valence-corrected chi connectivity index (χ1v) is 8.01. The van der Waals surface area contributed by atoms with Gasteiger partial charge in [-0.15, -0.1) is 0 Å². The van der Waals surface area contributed by atoms with E-state index in [1.165, 1.54) is 17.5 Å². The number of ether oxygens (including phenoxy) is 1. The maximum atomic E-state index is 6.08. The predicted octanol–water partition coefficient (Wildman–Crippen LogP) is 4.10. The van der Waals surface area contributed by atoms with Crippen LogP contribution in [-0.4, -0.2) is 19.2 Å². The van der Waals surface area contributed by atoms with Crippen molar-refractivity contribution in [2.45, 2.75) is 59.1 Å². The van der Waals surface area contributed by atoms with Crippen molar-refractivity contribution >= 4 is 0 Å². The molecule has 0 radical (unpaired) electrons. The lowest BCUT2D eigenvalue weighted by Crippen LogP contribution is -2.43. The summed E-state index contributed by atoms with van der Waals surface area (Å²) in [4.78, 5) is 0. The van der Waals surface area contributed by atoms with Crippen molar-refractivity contribution in [1.82, 2.24) is 5.32 Å². The van der Waals surface area contributed by atoms with Crippen LogP contribution in [0.1, 0.15) is 57.8 Å². The largest absolute Gasteiger partial charge is 0.373 e. The minimum Gasteiger partial charge on any atom is -0.373 e. The molecule has 1 N–H and O–H groups in total. The Balaban J connectivity index is 2.16. The minimum absolute atomic E-state index is 0.245. The molecule has 112 valence electrons. The highest BCUT2D eigenvalue weighted by atomic mass is 16.5. The van der Waals surface area contributed by atoms with E-state index in [1.807, 2.05) is 0 Å². The van der Waals surface area contributed by atoms with E-state index in [9.17, 15) is 0 Å². The van der Waals surface area contributed by atoms with Gasteiger partial charge in [0.05, 0.1) is 12.7 Å². The van der Waals surface area contributed by atoms with Crippen LogP contribution in [0.5, 0.6) is 0 Å². The molecule has 2 unspecified atom stereocenters. The fraction of sp³-hybridized carbons (Fsp3) is 0.667. The number of hydrogen-bond donors (Lipinski definition) is 1. The third kappa shape index (κ3) is 3.42. The Hall–Kier alpha value is -0.860. The molecule has 0 saturated heterocycles.